The summed E-state index contributed by atoms with van der Waals surface area (Å²) in [5, 5.41) is 23.2. The number of amides is 1. The van der Waals surface area contributed by atoms with Gasteiger partial charge in [0.05, 0.1) is 11.9 Å². The largest absolute Gasteiger partial charge is 0.307 e. The number of nitrogens with one attached hydrogen (secondary N) is 2. The van der Waals surface area contributed by atoms with Crippen LogP contribution in [-0.2, 0) is 0 Å². The molecule has 2 rings (SSSR count). The highest BCUT2D eigenvalue weighted by molar-refractivity contribution is 6.10. The molecule has 0 saturated heterocycles. The zero-order valence-corrected chi connectivity index (χ0v) is 11.6. The van der Waals surface area contributed by atoms with Crippen LogP contribution in [0, 0.1) is 28.5 Å². The highest BCUT2D eigenvalue weighted by Gasteiger charge is 2.07. The van der Waals surface area contributed by atoms with Gasteiger partial charge in [0.2, 0.25) is 5.71 Å². The molecule has 0 atom stereocenters. The molecule has 2 N–H and O–H groups in total. The summed E-state index contributed by atoms with van der Waals surface area (Å²) in [6.45, 7) is 0. The van der Waals surface area contributed by atoms with Gasteiger partial charge in [0.15, 0.2) is 0 Å². The number of carbonyl (C=O) groups excluding carboxylic acids is 1. The number of benzene rings is 1. The van der Waals surface area contributed by atoms with Gasteiger partial charge in [0.25, 0.3) is 5.91 Å². The molecule has 2 aromatic rings. The monoisotopic (exact) mass is 308 g/mol. The quantitative estimate of drug-likeness (QED) is 0.664. The minimum Gasteiger partial charge on any atom is -0.307 e. The fourth-order valence-electron chi connectivity index (χ4n) is 1.55. The predicted octanol–water partition coefficient (Wildman–Crippen LogP) is 2.29. The van der Waals surface area contributed by atoms with Crippen LogP contribution in [0.4, 0.5) is 15.9 Å². The summed E-state index contributed by atoms with van der Waals surface area (Å²) in [5.41, 5.74) is 2.76. The number of nitrogens with zero attached hydrogens (tertiary/aromatic N) is 4. The van der Waals surface area contributed by atoms with E-state index >= 15 is 0 Å². The zero-order chi connectivity index (χ0) is 16.7. The average molecular weight is 308 g/mol. The summed E-state index contributed by atoms with van der Waals surface area (Å²) in [5.74, 6) is -0.740. The molecule has 1 aromatic carbocycles. The van der Waals surface area contributed by atoms with Gasteiger partial charge in [0.1, 0.15) is 23.8 Å². The van der Waals surface area contributed by atoms with Crippen molar-refractivity contribution in [3.63, 3.8) is 0 Å². The van der Waals surface area contributed by atoms with Crippen molar-refractivity contribution in [1.82, 2.24) is 4.98 Å². The SMILES string of the molecule is N#CC(C#N)=NNc1ccc(NC(=O)c2cccc(F)c2)nc1. The Bertz CT molecular complexity index is 816. The van der Waals surface area contributed by atoms with Gasteiger partial charge in [-0.1, -0.05) is 6.07 Å². The molecule has 0 unspecified atom stereocenters. The van der Waals surface area contributed by atoms with E-state index in [1.54, 1.807) is 18.2 Å². The lowest BCUT2D eigenvalue weighted by Gasteiger charge is -2.05. The van der Waals surface area contributed by atoms with Crippen LogP contribution >= 0.6 is 0 Å². The molecule has 0 spiro atoms. The molecule has 0 aliphatic rings. The molecule has 0 bridgehead atoms. The first-order valence-corrected chi connectivity index (χ1v) is 6.29. The first-order valence-electron chi connectivity index (χ1n) is 6.29. The van der Waals surface area contributed by atoms with Crippen LogP contribution in [0.2, 0.25) is 0 Å². The third-order valence-electron chi connectivity index (χ3n) is 2.60. The first-order chi connectivity index (χ1) is 11.1. The molecule has 0 saturated carbocycles. The molecule has 0 radical (unpaired) electrons. The van der Waals surface area contributed by atoms with Crippen LogP contribution in [0.5, 0.6) is 0 Å². The maximum Gasteiger partial charge on any atom is 0.256 e. The van der Waals surface area contributed by atoms with E-state index in [1.807, 2.05) is 0 Å². The van der Waals surface area contributed by atoms with Crippen LogP contribution < -0.4 is 10.7 Å². The minimum atomic E-state index is -0.506. The molecule has 0 aliphatic heterocycles. The average Bonchev–Trinajstić information content (AvgIpc) is 2.57. The molecule has 112 valence electrons. The molecule has 1 aromatic heterocycles. The van der Waals surface area contributed by atoms with Gasteiger partial charge in [-0.05, 0) is 30.3 Å². The van der Waals surface area contributed by atoms with Gasteiger partial charge in [0, 0.05) is 5.56 Å². The van der Waals surface area contributed by atoms with Crippen LogP contribution in [0.15, 0.2) is 47.7 Å². The number of aromatic nitrogens is 1. The Hall–Kier alpha value is -3.78. The maximum atomic E-state index is 13.1. The van der Waals surface area contributed by atoms with E-state index in [0.717, 1.165) is 6.07 Å². The van der Waals surface area contributed by atoms with Crippen molar-refractivity contribution in [2.45, 2.75) is 0 Å². The number of anilines is 2. The number of hydrazone groups is 1. The van der Waals surface area contributed by atoms with E-state index in [1.165, 1.54) is 30.5 Å². The Balaban J connectivity index is 2.03. The van der Waals surface area contributed by atoms with Gasteiger partial charge in [-0.25, -0.2) is 9.37 Å². The fourth-order valence-corrected chi connectivity index (χ4v) is 1.55. The third-order valence-corrected chi connectivity index (χ3v) is 2.60. The summed E-state index contributed by atoms with van der Waals surface area (Å²) in [7, 11) is 0. The molecule has 1 heterocycles. The summed E-state index contributed by atoms with van der Waals surface area (Å²) < 4.78 is 13.1. The van der Waals surface area contributed by atoms with Crippen LogP contribution in [-0.4, -0.2) is 16.6 Å². The van der Waals surface area contributed by atoms with E-state index in [9.17, 15) is 9.18 Å². The van der Waals surface area contributed by atoms with Crippen molar-refractivity contribution < 1.29 is 9.18 Å². The molecule has 7 nitrogen and oxygen atoms in total. The molecule has 8 heteroatoms. The van der Waals surface area contributed by atoms with Crippen molar-refractivity contribution in [2.24, 2.45) is 5.10 Å². The zero-order valence-electron chi connectivity index (χ0n) is 11.6. The van der Waals surface area contributed by atoms with Crippen LogP contribution in [0.3, 0.4) is 0 Å². The number of hydrogen-bond donors (Lipinski definition) is 2. The lowest BCUT2D eigenvalue weighted by Crippen LogP contribution is -2.13. The lowest BCUT2D eigenvalue weighted by molar-refractivity contribution is 0.102. The Kier molecular flexibility index (Phi) is 4.95. The van der Waals surface area contributed by atoms with Crippen molar-refractivity contribution in [1.29, 1.82) is 10.5 Å². The van der Waals surface area contributed by atoms with Gasteiger partial charge in [-0.2, -0.15) is 15.6 Å². The fraction of sp³-hybridized carbons (Fsp3) is 0. The second-order valence-corrected chi connectivity index (χ2v) is 4.19. The molecular formula is C15H9FN6O. The van der Waals surface area contributed by atoms with Gasteiger partial charge < -0.3 is 5.32 Å². The summed E-state index contributed by atoms with van der Waals surface area (Å²) >= 11 is 0. The summed E-state index contributed by atoms with van der Waals surface area (Å²) in [6, 6.07) is 11.5. The highest BCUT2D eigenvalue weighted by atomic mass is 19.1. The summed E-state index contributed by atoms with van der Waals surface area (Å²) in [6.07, 6.45) is 1.36. The number of pyridine rings is 1. The van der Waals surface area contributed by atoms with E-state index < -0.39 is 11.7 Å². The van der Waals surface area contributed by atoms with Crippen molar-refractivity contribution in [2.75, 3.05) is 10.7 Å². The Morgan fingerprint density at radius 2 is 2.00 bits per heavy atom. The summed E-state index contributed by atoms with van der Waals surface area (Å²) in [4.78, 5) is 15.9. The number of halogens is 1. The minimum absolute atomic E-state index is 0.172. The maximum absolute atomic E-state index is 13.1. The Morgan fingerprint density at radius 1 is 1.22 bits per heavy atom. The topological polar surface area (TPSA) is 114 Å². The number of rotatable bonds is 4. The Morgan fingerprint density at radius 3 is 2.61 bits per heavy atom. The highest BCUT2D eigenvalue weighted by Crippen LogP contribution is 2.11. The standard InChI is InChI=1S/C15H9FN6O/c16-11-3-1-2-10(6-11)15(23)20-14-5-4-12(9-19-14)21-22-13(7-17)8-18/h1-6,9,21H,(H,19,20,23). The van der Waals surface area contributed by atoms with Crippen molar-refractivity contribution >= 4 is 23.1 Å². The van der Waals surface area contributed by atoms with E-state index in [2.05, 4.69) is 20.8 Å². The molecule has 1 amide bonds. The number of carbonyl (C=O) groups is 1. The van der Waals surface area contributed by atoms with Crippen molar-refractivity contribution in [3.8, 4) is 12.1 Å². The van der Waals surface area contributed by atoms with Gasteiger partial charge in [-0.3, -0.25) is 10.2 Å². The smallest absolute Gasteiger partial charge is 0.256 e. The van der Waals surface area contributed by atoms with Crippen LogP contribution in [0.1, 0.15) is 10.4 Å². The van der Waals surface area contributed by atoms with E-state index in [-0.39, 0.29) is 17.1 Å². The lowest BCUT2D eigenvalue weighted by atomic mass is 10.2. The van der Waals surface area contributed by atoms with Crippen LogP contribution in [0.25, 0.3) is 0 Å². The molecular weight excluding hydrogens is 299 g/mol. The van der Waals surface area contributed by atoms with Gasteiger partial charge in [-0.15, -0.1) is 0 Å². The van der Waals surface area contributed by atoms with Gasteiger partial charge >= 0.3 is 0 Å². The Labute approximate surface area is 130 Å². The number of nitriles is 2. The normalized spacial score (nSPS) is 9.17. The van der Waals surface area contributed by atoms with Crippen molar-refractivity contribution in [3.05, 3.63) is 54.0 Å². The molecule has 0 aliphatic carbocycles. The third kappa shape index (κ3) is 4.34. The second-order valence-electron chi connectivity index (χ2n) is 4.19. The second kappa shape index (κ2) is 7.29. The predicted molar refractivity (Wildman–Crippen MR) is 80.9 cm³/mol. The first kappa shape index (κ1) is 15.6. The van der Waals surface area contributed by atoms with E-state index in [4.69, 9.17) is 10.5 Å². The molecule has 0 fully saturated rings. The molecule has 23 heavy (non-hydrogen) atoms. The number of hydrogen-bond acceptors (Lipinski definition) is 6. The van der Waals surface area contributed by atoms with E-state index in [0.29, 0.717) is 5.69 Å².